The second-order valence-electron chi connectivity index (χ2n) is 16.3. The molecule has 0 aromatic heterocycles. The highest BCUT2D eigenvalue weighted by Gasteiger charge is 2.26. The zero-order chi connectivity index (χ0) is 41.8. The molecule has 0 aromatic rings. The molecule has 0 amide bonds. The number of unbranched alkanes of at least 4 members (excludes halogenated alkanes) is 31. The molecule has 0 fully saturated rings. The number of hydrogen-bond acceptors (Lipinski definition) is 8. The first-order valence-corrected chi connectivity index (χ1v) is 25.7. The molecule has 2 atom stereocenters. The third-order valence-electron chi connectivity index (χ3n) is 10.7. The van der Waals surface area contributed by atoms with Crippen LogP contribution in [0.1, 0.15) is 245 Å². The SMILES string of the molecule is CCCCCCCCC/C=C\CCCCCCCC(=O)OC(COC(=O)CCCCCCCCCCCCCCCCCCCCCC)COP(=O)(O)OCCN. The van der Waals surface area contributed by atoms with Gasteiger partial charge in [-0.05, 0) is 38.5 Å². The predicted molar refractivity (Wildman–Crippen MR) is 238 cm³/mol. The van der Waals surface area contributed by atoms with Gasteiger partial charge in [0.05, 0.1) is 13.2 Å². The minimum atomic E-state index is -4.38. The van der Waals surface area contributed by atoms with Gasteiger partial charge in [-0.3, -0.25) is 18.6 Å². The van der Waals surface area contributed by atoms with Crippen molar-refractivity contribution in [3.05, 3.63) is 12.2 Å². The fourth-order valence-electron chi connectivity index (χ4n) is 7.04. The standard InChI is InChI=1S/C47H92NO8P/c1-3-5-7-9-11-13-15-17-19-21-22-23-24-26-27-29-31-33-35-37-39-46(49)53-43-45(44-55-57(51,52)54-42-41-48)56-47(50)40-38-36-34-32-30-28-25-20-18-16-14-12-10-8-6-4-2/h20,25,45H,3-19,21-24,26-44,48H2,1-2H3,(H,51,52)/b25-20-. The minimum absolute atomic E-state index is 0.0550. The van der Waals surface area contributed by atoms with Crippen molar-refractivity contribution in [2.24, 2.45) is 5.73 Å². The average Bonchev–Trinajstić information content (AvgIpc) is 3.20. The van der Waals surface area contributed by atoms with Crippen LogP contribution < -0.4 is 5.73 Å². The van der Waals surface area contributed by atoms with Gasteiger partial charge in [0, 0.05) is 19.4 Å². The van der Waals surface area contributed by atoms with Crippen molar-refractivity contribution in [3.63, 3.8) is 0 Å². The van der Waals surface area contributed by atoms with Crippen LogP contribution in [0.4, 0.5) is 0 Å². The number of carbonyl (C=O) groups excluding carboxylic acids is 2. The molecule has 338 valence electrons. The highest BCUT2D eigenvalue weighted by atomic mass is 31.2. The van der Waals surface area contributed by atoms with Crippen molar-refractivity contribution in [3.8, 4) is 0 Å². The number of phosphoric acid groups is 1. The predicted octanol–water partition coefficient (Wildman–Crippen LogP) is 14.2. The number of rotatable bonds is 46. The number of allylic oxidation sites excluding steroid dienone is 2. The number of nitrogens with two attached hydrogens (primary N) is 1. The quantitative estimate of drug-likeness (QED) is 0.0266. The second-order valence-corrected chi connectivity index (χ2v) is 17.8. The molecule has 0 aliphatic carbocycles. The lowest BCUT2D eigenvalue weighted by Gasteiger charge is -2.19. The van der Waals surface area contributed by atoms with Crippen LogP contribution in [-0.4, -0.2) is 49.3 Å². The summed E-state index contributed by atoms with van der Waals surface area (Å²) in [5.74, 6) is -0.824. The second kappa shape index (κ2) is 44.3. The minimum Gasteiger partial charge on any atom is -0.462 e. The molecule has 2 unspecified atom stereocenters. The Morgan fingerprint density at radius 2 is 0.860 bits per heavy atom. The maximum Gasteiger partial charge on any atom is 0.472 e. The van der Waals surface area contributed by atoms with Crippen LogP contribution in [0.3, 0.4) is 0 Å². The first kappa shape index (κ1) is 55.8. The van der Waals surface area contributed by atoms with Gasteiger partial charge in [0.2, 0.25) is 0 Å². The van der Waals surface area contributed by atoms with E-state index in [4.69, 9.17) is 24.3 Å². The lowest BCUT2D eigenvalue weighted by molar-refractivity contribution is -0.161. The van der Waals surface area contributed by atoms with Crippen LogP contribution in [0.5, 0.6) is 0 Å². The summed E-state index contributed by atoms with van der Waals surface area (Å²) in [4.78, 5) is 35.0. The maximum absolute atomic E-state index is 12.6. The molecule has 57 heavy (non-hydrogen) atoms. The summed E-state index contributed by atoms with van der Waals surface area (Å²) in [5, 5.41) is 0. The van der Waals surface area contributed by atoms with Gasteiger partial charge in [0.25, 0.3) is 0 Å². The lowest BCUT2D eigenvalue weighted by atomic mass is 10.0. The van der Waals surface area contributed by atoms with Crippen molar-refractivity contribution < 1.29 is 37.6 Å². The van der Waals surface area contributed by atoms with Gasteiger partial charge in [-0.2, -0.15) is 0 Å². The number of ether oxygens (including phenoxy) is 2. The molecule has 0 saturated carbocycles. The topological polar surface area (TPSA) is 134 Å². The van der Waals surface area contributed by atoms with Gasteiger partial charge in [-0.15, -0.1) is 0 Å². The van der Waals surface area contributed by atoms with E-state index in [-0.39, 0.29) is 38.6 Å². The number of esters is 2. The summed E-state index contributed by atoms with van der Waals surface area (Å²) in [6, 6.07) is 0. The van der Waals surface area contributed by atoms with E-state index >= 15 is 0 Å². The molecule has 0 radical (unpaired) electrons. The molecular weight excluding hydrogens is 737 g/mol. The van der Waals surface area contributed by atoms with Crippen LogP contribution >= 0.6 is 7.82 Å². The Morgan fingerprint density at radius 1 is 0.509 bits per heavy atom. The first-order chi connectivity index (χ1) is 27.8. The van der Waals surface area contributed by atoms with E-state index in [2.05, 4.69) is 26.0 Å². The first-order valence-electron chi connectivity index (χ1n) is 24.2. The highest BCUT2D eigenvalue weighted by Crippen LogP contribution is 2.43. The fraction of sp³-hybridized carbons (Fsp3) is 0.915. The molecule has 0 aromatic carbocycles. The third kappa shape index (κ3) is 44.1. The van der Waals surface area contributed by atoms with E-state index < -0.39 is 26.5 Å². The van der Waals surface area contributed by atoms with Gasteiger partial charge in [-0.25, -0.2) is 4.57 Å². The van der Waals surface area contributed by atoms with E-state index in [0.29, 0.717) is 6.42 Å². The van der Waals surface area contributed by atoms with E-state index in [0.717, 1.165) is 51.4 Å². The van der Waals surface area contributed by atoms with Crippen LogP contribution in [0.2, 0.25) is 0 Å². The van der Waals surface area contributed by atoms with Gasteiger partial charge < -0.3 is 20.1 Å². The third-order valence-corrected chi connectivity index (χ3v) is 11.6. The average molecular weight is 830 g/mol. The van der Waals surface area contributed by atoms with Crippen molar-refractivity contribution in [1.29, 1.82) is 0 Å². The molecule has 0 aliphatic rings. The molecule has 3 N–H and O–H groups in total. The highest BCUT2D eigenvalue weighted by molar-refractivity contribution is 7.47. The van der Waals surface area contributed by atoms with Crippen molar-refractivity contribution >= 4 is 19.8 Å². The zero-order valence-electron chi connectivity index (χ0n) is 37.3. The fourth-order valence-corrected chi connectivity index (χ4v) is 7.81. The summed E-state index contributed by atoms with van der Waals surface area (Å²) in [7, 11) is -4.38. The molecule has 10 heteroatoms. The molecular formula is C47H92NO8P. The monoisotopic (exact) mass is 830 g/mol. The Balaban J connectivity index is 4.04. The Hall–Kier alpha value is -1.25. The summed E-state index contributed by atoms with van der Waals surface area (Å²) in [6.07, 6.45) is 46.7. The van der Waals surface area contributed by atoms with Crippen LogP contribution in [0.25, 0.3) is 0 Å². The molecule has 0 rings (SSSR count). The van der Waals surface area contributed by atoms with Crippen LogP contribution in [0.15, 0.2) is 12.2 Å². The van der Waals surface area contributed by atoms with E-state index in [1.54, 1.807) is 0 Å². The lowest BCUT2D eigenvalue weighted by Crippen LogP contribution is -2.29. The molecule has 0 bridgehead atoms. The van der Waals surface area contributed by atoms with Crippen molar-refractivity contribution in [2.45, 2.75) is 251 Å². The summed E-state index contributed by atoms with van der Waals surface area (Å²) in [5.41, 5.74) is 5.36. The van der Waals surface area contributed by atoms with E-state index in [9.17, 15) is 19.0 Å². The molecule has 9 nitrogen and oxygen atoms in total. The van der Waals surface area contributed by atoms with Crippen molar-refractivity contribution in [1.82, 2.24) is 0 Å². The Morgan fingerprint density at radius 3 is 1.25 bits per heavy atom. The molecule has 0 saturated heterocycles. The summed E-state index contributed by atoms with van der Waals surface area (Å²) < 4.78 is 32.9. The number of hydrogen-bond donors (Lipinski definition) is 2. The van der Waals surface area contributed by atoms with Crippen molar-refractivity contribution in [2.75, 3.05) is 26.4 Å². The summed E-state index contributed by atoms with van der Waals surface area (Å²) >= 11 is 0. The van der Waals surface area contributed by atoms with E-state index in [1.165, 1.54) is 161 Å². The Kier molecular flexibility index (Phi) is 43.3. The molecule has 0 heterocycles. The van der Waals surface area contributed by atoms with Gasteiger partial charge in [-0.1, -0.05) is 206 Å². The largest absolute Gasteiger partial charge is 0.472 e. The number of phosphoric ester groups is 1. The Bertz CT molecular complexity index is 948. The normalized spacial score (nSPS) is 13.3. The smallest absolute Gasteiger partial charge is 0.462 e. The van der Waals surface area contributed by atoms with E-state index in [1.807, 2.05) is 0 Å². The van der Waals surface area contributed by atoms with Gasteiger partial charge >= 0.3 is 19.8 Å². The molecule has 0 aliphatic heterocycles. The van der Waals surface area contributed by atoms with Gasteiger partial charge in [0.1, 0.15) is 6.61 Å². The molecule has 0 spiro atoms. The van der Waals surface area contributed by atoms with Crippen LogP contribution in [0, 0.1) is 0 Å². The number of carbonyl (C=O) groups is 2. The van der Waals surface area contributed by atoms with Crippen LogP contribution in [-0.2, 0) is 32.7 Å². The Labute approximate surface area is 351 Å². The zero-order valence-corrected chi connectivity index (χ0v) is 38.2. The maximum atomic E-state index is 12.6. The van der Waals surface area contributed by atoms with Gasteiger partial charge in [0.15, 0.2) is 6.10 Å². The summed E-state index contributed by atoms with van der Waals surface area (Å²) in [6.45, 7) is 3.77.